The smallest absolute Gasteiger partial charge is 0.240 e. The fraction of sp³-hybridized carbons (Fsp3) is 0.467. The van der Waals surface area contributed by atoms with Crippen LogP contribution in [0, 0.1) is 0 Å². The predicted molar refractivity (Wildman–Crippen MR) is 81.7 cm³/mol. The minimum Gasteiger partial charge on any atom is -0.493 e. The molecule has 22 heavy (non-hydrogen) atoms. The average Bonchev–Trinajstić information content (AvgIpc) is 2.94. The van der Waals surface area contributed by atoms with Crippen LogP contribution in [0.15, 0.2) is 24.3 Å². The maximum Gasteiger partial charge on any atom is 0.240 e. The second kappa shape index (κ2) is 7.47. The summed E-state index contributed by atoms with van der Waals surface area (Å²) in [6.07, 6.45) is 0.456. The molecule has 120 valence electrons. The molecular formula is C15H19ClN2O4. The van der Waals surface area contributed by atoms with Crippen LogP contribution in [0.4, 0.5) is 0 Å². The molecule has 0 aromatic heterocycles. The molecule has 0 saturated carbocycles. The number of rotatable bonds is 6. The van der Waals surface area contributed by atoms with E-state index in [0.29, 0.717) is 23.7 Å². The summed E-state index contributed by atoms with van der Waals surface area (Å²) in [6, 6.07) is 6.29. The summed E-state index contributed by atoms with van der Waals surface area (Å²) in [4.78, 5) is 25.1. The molecule has 1 heterocycles. The number of hydrogen-bond acceptors (Lipinski definition) is 4. The molecule has 1 aromatic carbocycles. The van der Waals surface area contributed by atoms with Crippen molar-refractivity contribution in [2.45, 2.75) is 25.0 Å². The Labute approximate surface area is 134 Å². The van der Waals surface area contributed by atoms with Gasteiger partial charge in [-0.25, -0.2) is 0 Å². The van der Waals surface area contributed by atoms with E-state index < -0.39 is 11.9 Å². The molecule has 1 fully saturated rings. The summed E-state index contributed by atoms with van der Waals surface area (Å²) < 4.78 is 10.7. The van der Waals surface area contributed by atoms with Gasteiger partial charge in [-0.2, -0.15) is 0 Å². The van der Waals surface area contributed by atoms with Crippen LogP contribution in [0.3, 0.4) is 0 Å². The molecule has 7 heteroatoms. The third kappa shape index (κ3) is 4.11. The molecule has 0 spiro atoms. The first-order valence-electron chi connectivity index (χ1n) is 7.01. The van der Waals surface area contributed by atoms with Gasteiger partial charge in [-0.1, -0.05) is 11.6 Å². The number of nitrogens with zero attached hydrogens (tertiary/aromatic N) is 1. The van der Waals surface area contributed by atoms with Gasteiger partial charge in [0, 0.05) is 25.1 Å². The fourth-order valence-electron chi connectivity index (χ4n) is 2.44. The molecule has 2 atom stereocenters. The number of hydrogen-bond donors (Lipinski definition) is 1. The number of benzene rings is 1. The number of nitrogens with two attached hydrogens (primary N) is 1. The van der Waals surface area contributed by atoms with Crippen LogP contribution in [-0.2, 0) is 14.3 Å². The quantitative estimate of drug-likeness (QED) is 0.852. The summed E-state index contributed by atoms with van der Waals surface area (Å²) in [5, 5.41) is 0.621. The largest absolute Gasteiger partial charge is 0.493 e. The molecule has 6 nitrogen and oxygen atoms in total. The summed E-state index contributed by atoms with van der Waals surface area (Å²) in [6.45, 7) is 0.601. The Balaban J connectivity index is 1.85. The first-order valence-corrected chi connectivity index (χ1v) is 7.39. The predicted octanol–water partition coefficient (Wildman–Crippen LogP) is 1.21. The first kappa shape index (κ1) is 16.6. The van der Waals surface area contributed by atoms with E-state index in [2.05, 4.69) is 0 Å². The van der Waals surface area contributed by atoms with Gasteiger partial charge in [0.2, 0.25) is 11.8 Å². The normalized spacial score (nSPS) is 20.9. The number of carbonyl (C=O) groups excluding carboxylic acids is 2. The van der Waals surface area contributed by atoms with Gasteiger partial charge in [-0.15, -0.1) is 0 Å². The lowest BCUT2D eigenvalue weighted by Gasteiger charge is -2.22. The summed E-state index contributed by atoms with van der Waals surface area (Å²) >= 11 is 5.78. The van der Waals surface area contributed by atoms with Gasteiger partial charge in [0.15, 0.2) is 0 Å². The number of primary amides is 1. The van der Waals surface area contributed by atoms with Crippen molar-refractivity contribution in [3.8, 4) is 5.75 Å². The zero-order valence-electron chi connectivity index (χ0n) is 12.3. The van der Waals surface area contributed by atoms with E-state index in [4.69, 9.17) is 26.8 Å². The zero-order valence-corrected chi connectivity index (χ0v) is 13.1. The van der Waals surface area contributed by atoms with Crippen molar-refractivity contribution in [1.29, 1.82) is 0 Å². The number of methoxy groups -OCH3 is 1. The topological polar surface area (TPSA) is 81.9 Å². The molecule has 1 aliphatic rings. The van der Waals surface area contributed by atoms with Crippen molar-refractivity contribution in [1.82, 2.24) is 4.90 Å². The molecule has 0 aliphatic carbocycles. The van der Waals surface area contributed by atoms with Gasteiger partial charge in [-0.05, 0) is 24.3 Å². The monoisotopic (exact) mass is 326 g/mol. The molecule has 0 radical (unpaired) electrons. The highest BCUT2D eigenvalue weighted by Gasteiger charge is 2.38. The molecule has 2 amide bonds. The van der Waals surface area contributed by atoms with E-state index in [-0.39, 0.29) is 25.0 Å². The van der Waals surface area contributed by atoms with Gasteiger partial charge in [0.1, 0.15) is 11.8 Å². The lowest BCUT2D eigenvalue weighted by molar-refractivity contribution is -0.137. The van der Waals surface area contributed by atoms with Crippen molar-refractivity contribution in [3.63, 3.8) is 0 Å². The highest BCUT2D eigenvalue weighted by atomic mass is 35.5. The van der Waals surface area contributed by atoms with E-state index >= 15 is 0 Å². The van der Waals surface area contributed by atoms with Crippen LogP contribution in [0.2, 0.25) is 5.02 Å². The molecule has 1 aromatic rings. The minimum atomic E-state index is -0.604. The lowest BCUT2D eigenvalue weighted by atomic mass is 10.2. The van der Waals surface area contributed by atoms with Crippen LogP contribution in [0.1, 0.15) is 12.8 Å². The molecule has 2 rings (SSSR count). The van der Waals surface area contributed by atoms with Crippen molar-refractivity contribution in [2.75, 3.05) is 20.3 Å². The third-order valence-corrected chi connectivity index (χ3v) is 3.90. The molecule has 2 N–H and O–H groups in total. The van der Waals surface area contributed by atoms with Crippen molar-refractivity contribution < 1.29 is 19.1 Å². The molecule has 1 saturated heterocycles. The Kier molecular flexibility index (Phi) is 5.63. The standard InChI is InChI=1S/C15H19ClN2O4/c1-21-12-8-13(15(17)20)18(9-12)14(19)6-7-22-11-4-2-10(16)3-5-11/h2-5,12-13H,6-9H2,1H3,(H2,17,20)/t12-,13-/m0/s1. The number of likely N-dealkylation sites (tertiary alicyclic amines) is 1. The van der Waals surface area contributed by atoms with E-state index in [9.17, 15) is 9.59 Å². The minimum absolute atomic E-state index is 0.154. The summed E-state index contributed by atoms with van der Waals surface area (Å²) in [7, 11) is 1.56. The SMILES string of the molecule is CO[C@H]1C[C@@H](C(N)=O)N(C(=O)CCOc2ccc(Cl)cc2)C1. The van der Waals surface area contributed by atoms with Crippen molar-refractivity contribution in [3.05, 3.63) is 29.3 Å². The zero-order chi connectivity index (χ0) is 16.1. The van der Waals surface area contributed by atoms with Crippen LogP contribution in [0.5, 0.6) is 5.75 Å². The Bertz CT molecular complexity index is 535. The van der Waals surface area contributed by atoms with Crippen LogP contribution >= 0.6 is 11.6 Å². The average molecular weight is 327 g/mol. The highest BCUT2D eigenvalue weighted by molar-refractivity contribution is 6.30. The number of ether oxygens (including phenoxy) is 2. The van der Waals surface area contributed by atoms with Crippen molar-refractivity contribution >= 4 is 23.4 Å². The number of halogens is 1. The third-order valence-electron chi connectivity index (χ3n) is 3.64. The molecule has 1 aliphatic heterocycles. The van der Waals surface area contributed by atoms with Crippen LogP contribution in [-0.4, -0.2) is 49.1 Å². The van der Waals surface area contributed by atoms with Crippen LogP contribution in [0.25, 0.3) is 0 Å². The van der Waals surface area contributed by atoms with Gasteiger partial charge in [-0.3, -0.25) is 9.59 Å². The highest BCUT2D eigenvalue weighted by Crippen LogP contribution is 2.21. The Morgan fingerprint density at radius 1 is 1.36 bits per heavy atom. The maximum atomic E-state index is 12.2. The van der Waals surface area contributed by atoms with Crippen molar-refractivity contribution in [2.24, 2.45) is 5.73 Å². The second-order valence-corrected chi connectivity index (χ2v) is 5.55. The first-order chi connectivity index (χ1) is 10.5. The van der Waals surface area contributed by atoms with E-state index in [0.717, 1.165) is 0 Å². The maximum absolute atomic E-state index is 12.2. The van der Waals surface area contributed by atoms with E-state index in [1.165, 1.54) is 4.90 Å². The Morgan fingerprint density at radius 2 is 2.05 bits per heavy atom. The molecule has 0 unspecified atom stereocenters. The second-order valence-electron chi connectivity index (χ2n) is 5.11. The van der Waals surface area contributed by atoms with Gasteiger partial charge < -0.3 is 20.1 Å². The summed E-state index contributed by atoms with van der Waals surface area (Å²) in [5.74, 6) is -0.0383. The number of carbonyl (C=O) groups is 2. The summed E-state index contributed by atoms with van der Waals surface area (Å²) in [5.41, 5.74) is 5.34. The Morgan fingerprint density at radius 3 is 2.64 bits per heavy atom. The Hall–Kier alpha value is -1.79. The lowest BCUT2D eigenvalue weighted by Crippen LogP contribution is -2.44. The van der Waals surface area contributed by atoms with Gasteiger partial charge in [0.25, 0.3) is 0 Å². The van der Waals surface area contributed by atoms with Gasteiger partial charge >= 0.3 is 0 Å². The van der Waals surface area contributed by atoms with E-state index in [1.807, 2.05) is 0 Å². The molecule has 0 bridgehead atoms. The fourth-order valence-corrected chi connectivity index (χ4v) is 2.57. The van der Waals surface area contributed by atoms with Gasteiger partial charge in [0.05, 0.1) is 19.1 Å². The molecular weight excluding hydrogens is 308 g/mol. The van der Waals surface area contributed by atoms with Crippen LogP contribution < -0.4 is 10.5 Å². The number of amides is 2. The van der Waals surface area contributed by atoms with E-state index in [1.54, 1.807) is 31.4 Å².